The Bertz CT molecular complexity index is 1180. The van der Waals surface area contributed by atoms with Crippen LogP contribution in [0.1, 0.15) is 47.9 Å². The molecule has 0 saturated carbocycles. The van der Waals surface area contributed by atoms with Gasteiger partial charge in [-0.15, -0.1) is 6.58 Å². The number of esters is 2. The molecule has 2 atom stereocenters. The highest BCUT2D eigenvalue weighted by Crippen LogP contribution is 2.13. The van der Waals surface area contributed by atoms with E-state index in [-0.39, 0.29) is 28.9 Å². The Morgan fingerprint density at radius 3 is 1.50 bits per heavy atom. The second kappa shape index (κ2) is 18.2. The highest BCUT2D eigenvalue weighted by atomic mass is 16.6. The van der Waals surface area contributed by atoms with E-state index in [1.807, 2.05) is 13.8 Å². The molecule has 0 aliphatic carbocycles. The monoisotopic (exact) mass is 560 g/mol. The predicted octanol–water partition coefficient (Wildman–Crippen LogP) is 3.35. The quantitative estimate of drug-likeness (QED) is 0.188. The van der Waals surface area contributed by atoms with Crippen molar-refractivity contribution in [2.45, 2.75) is 39.3 Å². The van der Waals surface area contributed by atoms with E-state index in [0.29, 0.717) is 0 Å². The van der Waals surface area contributed by atoms with Gasteiger partial charge in [0.2, 0.25) is 0 Å². The van der Waals surface area contributed by atoms with Gasteiger partial charge in [-0.25, -0.2) is 9.59 Å². The summed E-state index contributed by atoms with van der Waals surface area (Å²) in [5.41, 5.74) is 0.231. The first-order valence-electron chi connectivity index (χ1n) is 11.8. The molecule has 2 aromatic rings. The van der Waals surface area contributed by atoms with Crippen LogP contribution in [0.25, 0.3) is 0 Å². The highest BCUT2D eigenvalue weighted by Gasteiger charge is 2.21. The lowest BCUT2D eigenvalue weighted by Crippen LogP contribution is -2.41. The zero-order valence-corrected chi connectivity index (χ0v) is 22.7. The van der Waals surface area contributed by atoms with Crippen LogP contribution in [0.5, 0.6) is 0 Å². The maximum Gasteiger partial charge on any atom is 0.328 e. The van der Waals surface area contributed by atoms with Crippen molar-refractivity contribution in [1.82, 2.24) is 10.6 Å². The van der Waals surface area contributed by atoms with Crippen molar-refractivity contribution in [3.05, 3.63) is 92.5 Å². The summed E-state index contributed by atoms with van der Waals surface area (Å²) < 4.78 is 9.02. The SMILES string of the molecule is C=CC[C@H](NC(=O)c1ccc([N+](=O)[O-])cc1)C(=O)OC.CC.COC(=O)[C@H](C)NC(=O)c1ccc([N+](=O)[O-])cc1. The molecule has 0 radical (unpaired) electrons. The Morgan fingerprint density at radius 1 is 0.800 bits per heavy atom. The molecule has 2 N–H and O–H groups in total. The van der Waals surface area contributed by atoms with E-state index in [1.54, 1.807) is 0 Å². The standard InChI is InChI=1S/C13H14N2O5.C11H12N2O5.C2H6/c1-3-4-11(13(17)20-2)14-12(16)9-5-7-10(8-6-9)15(18)19;1-7(11(15)18-2)12-10(14)8-3-5-9(6-4-8)13(16)17;1-2/h3,5-8,11H,1,4H2,2H3,(H,14,16);3-7H,1-2H3,(H,12,14);1-2H3/t11-;7-;/m00./s1. The smallest absolute Gasteiger partial charge is 0.328 e. The van der Waals surface area contributed by atoms with Crippen LogP contribution in [0, 0.1) is 20.2 Å². The molecule has 0 saturated heterocycles. The first-order valence-corrected chi connectivity index (χ1v) is 11.8. The van der Waals surface area contributed by atoms with Gasteiger partial charge in [0, 0.05) is 35.4 Å². The number of hydrogen-bond acceptors (Lipinski definition) is 10. The molecule has 2 aromatic carbocycles. The number of nitro groups is 2. The van der Waals surface area contributed by atoms with Crippen molar-refractivity contribution < 1.29 is 38.5 Å². The molecule has 0 fully saturated rings. The molecule has 0 aliphatic heterocycles. The Labute approximate surface area is 230 Å². The van der Waals surface area contributed by atoms with Crippen LogP contribution >= 0.6 is 0 Å². The average Bonchev–Trinajstić information content (AvgIpc) is 2.97. The molecule has 14 nitrogen and oxygen atoms in total. The summed E-state index contributed by atoms with van der Waals surface area (Å²) in [6.45, 7) is 8.98. The van der Waals surface area contributed by atoms with Gasteiger partial charge in [-0.3, -0.25) is 29.8 Å². The third-order valence-electron chi connectivity index (χ3n) is 4.78. The van der Waals surface area contributed by atoms with Gasteiger partial charge in [0.05, 0.1) is 24.1 Å². The molecular formula is C26H32N4O10. The minimum absolute atomic E-state index is 0.104. The topological polar surface area (TPSA) is 197 Å². The summed E-state index contributed by atoms with van der Waals surface area (Å²) in [4.78, 5) is 65.9. The molecule has 2 rings (SSSR count). The molecule has 0 aliphatic rings. The summed E-state index contributed by atoms with van der Waals surface area (Å²) in [5.74, 6) is -2.16. The van der Waals surface area contributed by atoms with Crippen LogP contribution in [-0.2, 0) is 19.1 Å². The first kappa shape index (κ1) is 34.9. The number of non-ortho nitro benzene ring substituents is 2. The van der Waals surface area contributed by atoms with E-state index in [1.165, 1.54) is 75.8 Å². The molecule has 40 heavy (non-hydrogen) atoms. The van der Waals surface area contributed by atoms with Gasteiger partial charge in [0.15, 0.2) is 0 Å². The van der Waals surface area contributed by atoms with E-state index in [0.717, 1.165) is 0 Å². The number of carbonyl (C=O) groups is 4. The van der Waals surface area contributed by atoms with Crippen LogP contribution in [0.2, 0.25) is 0 Å². The molecule has 0 bridgehead atoms. The van der Waals surface area contributed by atoms with Crippen molar-refractivity contribution in [2.24, 2.45) is 0 Å². The highest BCUT2D eigenvalue weighted by molar-refractivity contribution is 5.97. The van der Waals surface area contributed by atoms with E-state index in [2.05, 4.69) is 26.7 Å². The zero-order chi connectivity index (χ0) is 30.8. The molecule has 0 unspecified atom stereocenters. The summed E-state index contributed by atoms with van der Waals surface area (Å²) in [6.07, 6.45) is 1.71. The van der Waals surface area contributed by atoms with Crippen LogP contribution in [0.15, 0.2) is 61.2 Å². The molecule has 0 heterocycles. The van der Waals surface area contributed by atoms with E-state index in [9.17, 15) is 39.4 Å². The van der Waals surface area contributed by atoms with Gasteiger partial charge < -0.3 is 20.1 Å². The van der Waals surface area contributed by atoms with Crippen molar-refractivity contribution in [2.75, 3.05) is 14.2 Å². The second-order valence-electron chi connectivity index (χ2n) is 7.40. The fraction of sp³-hybridized carbons (Fsp3) is 0.308. The first-order chi connectivity index (χ1) is 18.9. The zero-order valence-electron chi connectivity index (χ0n) is 22.7. The van der Waals surface area contributed by atoms with Gasteiger partial charge in [-0.05, 0) is 37.6 Å². The lowest BCUT2D eigenvalue weighted by molar-refractivity contribution is -0.385. The van der Waals surface area contributed by atoms with Gasteiger partial charge in [0.25, 0.3) is 23.2 Å². The number of hydrogen-bond donors (Lipinski definition) is 2. The molecule has 0 aromatic heterocycles. The molecule has 14 heteroatoms. The predicted molar refractivity (Wildman–Crippen MR) is 145 cm³/mol. The van der Waals surface area contributed by atoms with Crippen LogP contribution in [0.4, 0.5) is 11.4 Å². The van der Waals surface area contributed by atoms with Crippen molar-refractivity contribution in [3.8, 4) is 0 Å². The van der Waals surface area contributed by atoms with Crippen LogP contribution in [0.3, 0.4) is 0 Å². The van der Waals surface area contributed by atoms with Crippen LogP contribution in [-0.4, -0.2) is 59.9 Å². The van der Waals surface area contributed by atoms with Gasteiger partial charge in [0.1, 0.15) is 12.1 Å². The molecule has 2 amide bonds. The number of nitro benzene ring substituents is 2. The number of nitrogens with one attached hydrogen (secondary N) is 2. The van der Waals surface area contributed by atoms with Gasteiger partial charge in [-0.2, -0.15) is 0 Å². The Morgan fingerprint density at radius 2 is 1.18 bits per heavy atom. The fourth-order valence-corrected chi connectivity index (χ4v) is 2.75. The third kappa shape index (κ3) is 11.5. The lowest BCUT2D eigenvalue weighted by atomic mass is 10.1. The van der Waals surface area contributed by atoms with Crippen LogP contribution < -0.4 is 10.6 Å². The molecule has 216 valence electrons. The third-order valence-corrected chi connectivity index (χ3v) is 4.78. The van der Waals surface area contributed by atoms with Gasteiger partial charge in [-0.1, -0.05) is 19.9 Å². The number of benzene rings is 2. The maximum absolute atomic E-state index is 11.9. The molecule has 0 spiro atoms. The Balaban J connectivity index is 0.000000719. The van der Waals surface area contributed by atoms with Gasteiger partial charge >= 0.3 is 11.9 Å². The largest absolute Gasteiger partial charge is 0.467 e. The van der Waals surface area contributed by atoms with E-state index >= 15 is 0 Å². The van der Waals surface area contributed by atoms with Crippen molar-refractivity contribution >= 4 is 35.1 Å². The second-order valence-corrected chi connectivity index (χ2v) is 7.40. The normalized spacial score (nSPS) is 10.9. The van der Waals surface area contributed by atoms with E-state index in [4.69, 9.17) is 0 Å². The Hall–Kier alpha value is -5.14. The molecular weight excluding hydrogens is 528 g/mol. The number of methoxy groups -OCH3 is 2. The number of rotatable bonds is 10. The number of amides is 2. The number of carbonyl (C=O) groups excluding carboxylic acids is 4. The summed E-state index contributed by atoms with van der Waals surface area (Å²) in [6, 6.07) is 8.53. The number of ether oxygens (including phenoxy) is 2. The number of nitrogens with zero attached hydrogens (tertiary/aromatic N) is 2. The Kier molecular flexibility index (Phi) is 15.8. The minimum atomic E-state index is -0.833. The summed E-state index contributed by atoms with van der Waals surface area (Å²) >= 11 is 0. The lowest BCUT2D eigenvalue weighted by Gasteiger charge is -2.14. The van der Waals surface area contributed by atoms with E-state index < -0.39 is 45.7 Å². The fourth-order valence-electron chi connectivity index (χ4n) is 2.75. The summed E-state index contributed by atoms with van der Waals surface area (Å²) in [5, 5.41) is 25.8. The average molecular weight is 561 g/mol. The van der Waals surface area contributed by atoms with Crippen molar-refractivity contribution in [3.63, 3.8) is 0 Å². The van der Waals surface area contributed by atoms with Crippen molar-refractivity contribution in [1.29, 1.82) is 0 Å². The minimum Gasteiger partial charge on any atom is -0.467 e. The maximum atomic E-state index is 11.9. The summed E-state index contributed by atoms with van der Waals surface area (Å²) in [7, 11) is 2.44.